The van der Waals surface area contributed by atoms with Crippen LogP contribution in [0.15, 0.2) is 53.5 Å². The molecule has 4 heterocycles. The number of aliphatic hydroxyl groups is 1. The lowest BCUT2D eigenvalue weighted by molar-refractivity contribution is 0.145. The Labute approximate surface area is 154 Å². The smallest absolute Gasteiger partial charge is 0.280 e. The summed E-state index contributed by atoms with van der Waals surface area (Å²) in [7, 11) is 0. The van der Waals surface area contributed by atoms with Crippen LogP contribution in [0.2, 0.25) is 0 Å². The van der Waals surface area contributed by atoms with E-state index in [2.05, 4.69) is 15.0 Å². The van der Waals surface area contributed by atoms with Crippen molar-refractivity contribution in [3.8, 4) is 5.69 Å². The lowest BCUT2D eigenvalue weighted by Gasteiger charge is -2.30. The molecule has 136 valence electrons. The number of fused-ring (bicyclic) bond motifs is 3. The molecular formula is C20H19N5O2. The highest BCUT2D eigenvalue weighted by molar-refractivity contribution is 6.00. The molecular weight excluding hydrogens is 342 g/mol. The number of aliphatic hydroxyl groups excluding tert-OH is 1. The van der Waals surface area contributed by atoms with Crippen molar-refractivity contribution in [2.45, 2.75) is 18.9 Å². The first-order valence-electron chi connectivity index (χ1n) is 9.09. The van der Waals surface area contributed by atoms with Crippen molar-refractivity contribution in [3.05, 3.63) is 59.0 Å². The maximum Gasteiger partial charge on any atom is 0.280 e. The summed E-state index contributed by atoms with van der Waals surface area (Å²) in [4.78, 5) is 24.2. The summed E-state index contributed by atoms with van der Waals surface area (Å²) >= 11 is 0. The van der Waals surface area contributed by atoms with Gasteiger partial charge in [0, 0.05) is 19.3 Å². The molecule has 1 saturated heterocycles. The second-order valence-electron chi connectivity index (χ2n) is 6.89. The number of benzene rings is 1. The van der Waals surface area contributed by atoms with E-state index in [-0.39, 0.29) is 11.7 Å². The van der Waals surface area contributed by atoms with E-state index in [1.54, 1.807) is 6.20 Å². The van der Waals surface area contributed by atoms with Crippen molar-refractivity contribution in [2.75, 3.05) is 18.0 Å². The van der Waals surface area contributed by atoms with E-state index < -0.39 is 0 Å². The lowest BCUT2D eigenvalue weighted by Crippen LogP contribution is -2.36. The number of aromatic amines is 1. The fourth-order valence-corrected chi connectivity index (χ4v) is 3.64. The normalized spacial score (nSPS) is 15.7. The predicted octanol–water partition coefficient (Wildman–Crippen LogP) is 2.22. The van der Waals surface area contributed by atoms with Gasteiger partial charge in [-0.1, -0.05) is 18.2 Å². The molecule has 0 aliphatic carbocycles. The van der Waals surface area contributed by atoms with Crippen LogP contribution in [0.1, 0.15) is 12.8 Å². The van der Waals surface area contributed by atoms with Crippen LogP contribution in [0.5, 0.6) is 0 Å². The van der Waals surface area contributed by atoms with E-state index in [0.29, 0.717) is 16.4 Å². The predicted molar refractivity (Wildman–Crippen MR) is 104 cm³/mol. The Hall–Kier alpha value is -3.19. The number of piperidine rings is 1. The minimum absolute atomic E-state index is 0.140. The molecule has 4 aromatic rings. The van der Waals surface area contributed by atoms with E-state index in [4.69, 9.17) is 4.98 Å². The largest absolute Gasteiger partial charge is 0.393 e. The lowest BCUT2D eigenvalue weighted by atomic mass is 10.1. The van der Waals surface area contributed by atoms with Gasteiger partial charge >= 0.3 is 0 Å². The summed E-state index contributed by atoms with van der Waals surface area (Å²) in [5, 5.41) is 13.5. The topological polar surface area (TPSA) is 87.0 Å². The van der Waals surface area contributed by atoms with Crippen molar-refractivity contribution in [1.82, 2.24) is 19.7 Å². The molecule has 1 fully saturated rings. The maximum atomic E-state index is 12.8. The monoisotopic (exact) mass is 361 g/mol. The molecule has 1 aliphatic rings. The summed E-state index contributed by atoms with van der Waals surface area (Å²) in [5.74, 6) is 0.844. The van der Waals surface area contributed by atoms with Gasteiger partial charge in [-0.05, 0) is 37.1 Å². The quantitative estimate of drug-likeness (QED) is 0.572. The first-order chi connectivity index (χ1) is 13.2. The second kappa shape index (κ2) is 6.21. The molecule has 0 radical (unpaired) electrons. The molecule has 0 atom stereocenters. The molecule has 27 heavy (non-hydrogen) atoms. The molecule has 0 bridgehead atoms. The van der Waals surface area contributed by atoms with Gasteiger partial charge in [-0.25, -0.2) is 9.67 Å². The molecule has 0 unspecified atom stereocenters. The van der Waals surface area contributed by atoms with Gasteiger partial charge in [-0.3, -0.25) is 14.9 Å². The van der Waals surface area contributed by atoms with Crippen molar-refractivity contribution in [2.24, 2.45) is 0 Å². The Balaban J connectivity index is 1.67. The average molecular weight is 361 g/mol. The van der Waals surface area contributed by atoms with Crippen LogP contribution >= 0.6 is 0 Å². The Morgan fingerprint density at radius 2 is 1.85 bits per heavy atom. The van der Waals surface area contributed by atoms with Crippen LogP contribution in [0.3, 0.4) is 0 Å². The van der Waals surface area contributed by atoms with Crippen molar-refractivity contribution < 1.29 is 5.11 Å². The Morgan fingerprint density at radius 1 is 1.07 bits per heavy atom. The highest BCUT2D eigenvalue weighted by atomic mass is 16.3. The number of nitrogens with one attached hydrogen (secondary N) is 1. The van der Waals surface area contributed by atoms with E-state index in [1.165, 1.54) is 4.68 Å². The Bertz CT molecular complexity index is 1170. The van der Waals surface area contributed by atoms with Gasteiger partial charge in [-0.2, -0.15) is 0 Å². The minimum Gasteiger partial charge on any atom is -0.393 e. The van der Waals surface area contributed by atoms with Gasteiger partial charge in [0.1, 0.15) is 11.3 Å². The molecule has 3 aromatic heterocycles. The minimum atomic E-state index is -0.230. The van der Waals surface area contributed by atoms with E-state index in [9.17, 15) is 9.90 Å². The number of H-pyrrole nitrogens is 1. The van der Waals surface area contributed by atoms with Crippen molar-refractivity contribution >= 4 is 27.8 Å². The number of hydrogen-bond acceptors (Lipinski definition) is 5. The van der Waals surface area contributed by atoms with Gasteiger partial charge in [0.2, 0.25) is 0 Å². The highest BCUT2D eigenvalue weighted by Gasteiger charge is 2.19. The van der Waals surface area contributed by atoms with Crippen LogP contribution in [0.4, 0.5) is 5.82 Å². The van der Waals surface area contributed by atoms with Crippen molar-refractivity contribution in [1.29, 1.82) is 0 Å². The fourth-order valence-electron chi connectivity index (χ4n) is 3.64. The van der Waals surface area contributed by atoms with Gasteiger partial charge in [-0.15, -0.1) is 0 Å². The molecule has 1 aliphatic heterocycles. The molecule has 7 heteroatoms. The second-order valence-corrected chi connectivity index (χ2v) is 6.89. The van der Waals surface area contributed by atoms with E-state index >= 15 is 0 Å². The summed E-state index contributed by atoms with van der Waals surface area (Å²) in [6.45, 7) is 1.54. The third-order valence-electron chi connectivity index (χ3n) is 5.16. The number of para-hydroxylation sites is 1. The van der Waals surface area contributed by atoms with Crippen LogP contribution in [-0.4, -0.2) is 44.0 Å². The van der Waals surface area contributed by atoms with Crippen LogP contribution in [0.25, 0.3) is 27.6 Å². The fraction of sp³-hybridized carbons (Fsp3) is 0.250. The number of rotatable bonds is 2. The molecule has 5 rings (SSSR count). The zero-order chi connectivity index (χ0) is 18.4. The van der Waals surface area contributed by atoms with Crippen LogP contribution in [-0.2, 0) is 0 Å². The van der Waals surface area contributed by atoms with Crippen LogP contribution in [0, 0.1) is 0 Å². The summed E-state index contributed by atoms with van der Waals surface area (Å²) in [5.41, 5.74) is 2.74. The molecule has 0 amide bonds. The Kier molecular flexibility index (Phi) is 3.68. The van der Waals surface area contributed by atoms with Gasteiger partial charge in [0.25, 0.3) is 5.56 Å². The van der Waals surface area contributed by atoms with E-state index in [1.807, 2.05) is 42.5 Å². The zero-order valence-corrected chi connectivity index (χ0v) is 14.7. The molecule has 0 spiro atoms. The standard InChI is InChI=1S/C20H19N5O2/c26-14-8-10-24(11-9-14)17-7-6-16-19(22-17)18-15(12-21-16)20(27)25(23-18)13-4-2-1-3-5-13/h1-7,12,14,23,26H,8-11H2. The zero-order valence-electron chi connectivity index (χ0n) is 14.7. The number of nitrogens with zero attached hydrogens (tertiary/aromatic N) is 4. The first-order valence-corrected chi connectivity index (χ1v) is 9.09. The third-order valence-corrected chi connectivity index (χ3v) is 5.16. The van der Waals surface area contributed by atoms with Crippen molar-refractivity contribution in [3.63, 3.8) is 0 Å². The average Bonchev–Trinajstić information content (AvgIpc) is 3.06. The Morgan fingerprint density at radius 3 is 2.63 bits per heavy atom. The molecule has 7 nitrogen and oxygen atoms in total. The summed E-state index contributed by atoms with van der Waals surface area (Å²) < 4.78 is 1.53. The SMILES string of the molecule is O=c1c2cnc3ccc(N4CCC(O)CC4)nc3c2[nH]n1-c1ccccc1. The van der Waals surface area contributed by atoms with Gasteiger partial charge in [0.15, 0.2) is 0 Å². The summed E-state index contributed by atoms with van der Waals surface area (Å²) in [6, 6.07) is 13.3. The number of anilines is 1. The molecule has 2 N–H and O–H groups in total. The van der Waals surface area contributed by atoms with E-state index in [0.717, 1.165) is 43.0 Å². The third kappa shape index (κ3) is 2.67. The number of hydrogen-bond donors (Lipinski definition) is 2. The van der Waals surface area contributed by atoms with Gasteiger partial charge in [0.05, 0.1) is 28.2 Å². The molecule has 0 saturated carbocycles. The first kappa shape index (κ1) is 16.0. The van der Waals surface area contributed by atoms with Gasteiger partial charge < -0.3 is 10.0 Å². The van der Waals surface area contributed by atoms with Crippen LogP contribution < -0.4 is 10.5 Å². The number of pyridine rings is 2. The molecule has 1 aromatic carbocycles. The highest BCUT2D eigenvalue weighted by Crippen LogP contribution is 2.24. The summed E-state index contributed by atoms with van der Waals surface area (Å²) in [6.07, 6.45) is 2.85. The number of aromatic nitrogens is 4. The maximum absolute atomic E-state index is 12.8.